The van der Waals surface area contributed by atoms with Gasteiger partial charge >= 0.3 is 6.18 Å². The summed E-state index contributed by atoms with van der Waals surface area (Å²) in [6.07, 6.45) is -1.38. The number of likely N-dealkylation sites (tertiary alicyclic amines) is 1. The maximum absolute atomic E-state index is 12.4. The van der Waals surface area contributed by atoms with Crippen LogP contribution in [0.2, 0.25) is 0 Å². The van der Waals surface area contributed by atoms with E-state index in [-0.39, 0.29) is 34.8 Å². The number of halogens is 4. The minimum Gasteiger partial charge on any atom is -0.357 e. The Morgan fingerprint density at radius 2 is 2.00 bits per heavy atom. The van der Waals surface area contributed by atoms with Gasteiger partial charge in [0.25, 0.3) is 0 Å². The van der Waals surface area contributed by atoms with Crippen LogP contribution in [-0.4, -0.2) is 66.8 Å². The largest absolute Gasteiger partial charge is 0.401 e. The molecule has 1 atom stereocenters. The molecule has 1 heterocycles. The van der Waals surface area contributed by atoms with E-state index in [4.69, 9.17) is 0 Å². The number of hydrogen-bond donors (Lipinski definition) is 2. The zero-order valence-electron chi connectivity index (χ0n) is 14.2. The summed E-state index contributed by atoms with van der Waals surface area (Å²) in [7, 11) is 0. The highest BCUT2D eigenvalue weighted by Crippen LogP contribution is 2.21. The van der Waals surface area contributed by atoms with Crippen molar-refractivity contribution in [1.29, 1.82) is 0 Å². The second-order valence-corrected chi connectivity index (χ2v) is 7.65. The SMILES string of the molecule is CCNC(=NCC(C)(C)SC)NC1CCN(CC(F)(F)F)C1.I. The Hall–Kier alpha value is 0.1000. The lowest BCUT2D eigenvalue weighted by atomic mass is 10.2. The molecule has 1 unspecified atom stereocenters. The van der Waals surface area contributed by atoms with Gasteiger partial charge in [0.15, 0.2) is 5.96 Å². The molecule has 138 valence electrons. The van der Waals surface area contributed by atoms with Gasteiger partial charge in [0.2, 0.25) is 0 Å². The maximum Gasteiger partial charge on any atom is 0.401 e. The summed E-state index contributed by atoms with van der Waals surface area (Å²) in [6, 6.07) is 0.0116. The number of guanidine groups is 1. The molecule has 9 heteroatoms. The molecule has 1 aliphatic rings. The summed E-state index contributed by atoms with van der Waals surface area (Å²) < 4.78 is 37.3. The van der Waals surface area contributed by atoms with Gasteiger partial charge in [-0.25, -0.2) is 0 Å². The normalized spacial score (nSPS) is 20.3. The van der Waals surface area contributed by atoms with Crippen molar-refractivity contribution in [3.05, 3.63) is 0 Å². The van der Waals surface area contributed by atoms with E-state index in [0.717, 1.165) is 6.54 Å². The molecule has 0 aromatic rings. The molecule has 0 radical (unpaired) electrons. The smallest absolute Gasteiger partial charge is 0.357 e. The minimum atomic E-state index is -4.13. The van der Waals surface area contributed by atoms with Crippen molar-refractivity contribution in [3.63, 3.8) is 0 Å². The van der Waals surface area contributed by atoms with Crippen molar-refractivity contribution < 1.29 is 13.2 Å². The van der Waals surface area contributed by atoms with Crippen LogP contribution in [-0.2, 0) is 0 Å². The number of rotatable bonds is 6. The second kappa shape index (κ2) is 10.2. The van der Waals surface area contributed by atoms with Crippen LogP contribution in [0.15, 0.2) is 4.99 Å². The van der Waals surface area contributed by atoms with Crippen LogP contribution in [0.1, 0.15) is 27.2 Å². The van der Waals surface area contributed by atoms with Crippen LogP contribution in [0.25, 0.3) is 0 Å². The van der Waals surface area contributed by atoms with Crippen LogP contribution in [0, 0.1) is 0 Å². The van der Waals surface area contributed by atoms with E-state index in [0.29, 0.717) is 32.0 Å². The third-order valence-corrected chi connectivity index (χ3v) is 4.77. The number of alkyl halides is 3. The average molecular weight is 468 g/mol. The molecule has 0 aromatic heterocycles. The van der Waals surface area contributed by atoms with Crippen molar-refractivity contribution in [2.24, 2.45) is 4.99 Å². The van der Waals surface area contributed by atoms with Crippen molar-refractivity contribution in [1.82, 2.24) is 15.5 Å². The lowest BCUT2D eigenvalue weighted by Gasteiger charge is -2.22. The van der Waals surface area contributed by atoms with Crippen molar-refractivity contribution in [3.8, 4) is 0 Å². The Morgan fingerprint density at radius 1 is 1.35 bits per heavy atom. The van der Waals surface area contributed by atoms with E-state index in [1.807, 2.05) is 13.2 Å². The van der Waals surface area contributed by atoms with Gasteiger partial charge < -0.3 is 10.6 Å². The summed E-state index contributed by atoms with van der Waals surface area (Å²) >= 11 is 1.74. The highest BCUT2D eigenvalue weighted by Gasteiger charge is 2.34. The third kappa shape index (κ3) is 9.85. The van der Waals surface area contributed by atoms with E-state index in [9.17, 15) is 13.2 Å². The fraction of sp³-hybridized carbons (Fsp3) is 0.929. The van der Waals surface area contributed by atoms with Gasteiger partial charge in [-0.2, -0.15) is 24.9 Å². The summed E-state index contributed by atoms with van der Waals surface area (Å²) in [5, 5.41) is 6.41. The maximum atomic E-state index is 12.4. The lowest BCUT2D eigenvalue weighted by molar-refractivity contribution is -0.143. The van der Waals surface area contributed by atoms with E-state index in [2.05, 4.69) is 29.5 Å². The first-order chi connectivity index (χ1) is 10.1. The monoisotopic (exact) mass is 468 g/mol. The second-order valence-electron chi connectivity index (χ2n) is 6.14. The fourth-order valence-corrected chi connectivity index (χ4v) is 2.39. The summed E-state index contributed by atoms with van der Waals surface area (Å²) in [5.74, 6) is 0.684. The number of thioether (sulfide) groups is 1. The first-order valence-electron chi connectivity index (χ1n) is 7.54. The molecule has 2 N–H and O–H groups in total. The topological polar surface area (TPSA) is 39.7 Å². The summed E-state index contributed by atoms with van der Waals surface area (Å²) in [4.78, 5) is 5.99. The number of aliphatic imine (C=N–C) groups is 1. The van der Waals surface area contributed by atoms with Gasteiger partial charge in [-0.05, 0) is 33.4 Å². The van der Waals surface area contributed by atoms with E-state index in [1.165, 1.54) is 4.90 Å². The van der Waals surface area contributed by atoms with Gasteiger partial charge in [0.05, 0.1) is 13.1 Å². The van der Waals surface area contributed by atoms with E-state index < -0.39 is 12.7 Å². The standard InChI is InChI=1S/C14H27F3N4S.HI/c1-5-18-12(19-9-13(2,3)22-4)20-11-6-7-21(8-11)10-14(15,16)17;/h11H,5-10H2,1-4H3,(H2,18,19,20);1H. The van der Waals surface area contributed by atoms with Crippen LogP contribution < -0.4 is 10.6 Å². The first-order valence-corrected chi connectivity index (χ1v) is 8.77. The fourth-order valence-electron chi connectivity index (χ4n) is 2.19. The Balaban J connectivity index is 0.00000484. The summed E-state index contributed by atoms with van der Waals surface area (Å²) in [5.41, 5.74) is 0. The Bertz CT molecular complexity index is 378. The van der Waals surface area contributed by atoms with Gasteiger partial charge in [-0.15, -0.1) is 24.0 Å². The van der Waals surface area contributed by atoms with Gasteiger partial charge in [0, 0.05) is 30.4 Å². The molecule has 0 saturated carbocycles. The molecular weight excluding hydrogens is 440 g/mol. The van der Waals surface area contributed by atoms with Crippen LogP contribution in [0.4, 0.5) is 13.2 Å². The van der Waals surface area contributed by atoms with Crippen LogP contribution >= 0.6 is 35.7 Å². The molecule has 0 amide bonds. The van der Waals surface area contributed by atoms with Gasteiger partial charge in [0.1, 0.15) is 0 Å². The average Bonchev–Trinajstić information content (AvgIpc) is 2.81. The predicted octanol–water partition coefficient (Wildman–Crippen LogP) is 2.94. The zero-order valence-corrected chi connectivity index (χ0v) is 17.3. The minimum absolute atomic E-state index is 0. The molecule has 1 saturated heterocycles. The molecule has 0 aromatic carbocycles. The predicted molar refractivity (Wildman–Crippen MR) is 103 cm³/mol. The molecule has 1 aliphatic heterocycles. The van der Waals surface area contributed by atoms with Gasteiger partial charge in [-0.1, -0.05) is 0 Å². The third-order valence-electron chi connectivity index (χ3n) is 3.53. The van der Waals surface area contributed by atoms with E-state index in [1.54, 1.807) is 11.8 Å². The van der Waals surface area contributed by atoms with Crippen molar-refractivity contribution in [2.75, 3.05) is 39.0 Å². The molecule has 1 rings (SSSR count). The number of nitrogens with zero attached hydrogens (tertiary/aromatic N) is 2. The van der Waals surface area contributed by atoms with Crippen molar-refractivity contribution >= 4 is 41.7 Å². The highest BCUT2D eigenvalue weighted by molar-refractivity contribution is 14.0. The molecule has 4 nitrogen and oxygen atoms in total. The Morgan fingerprint density at radius 3 is 2.52 bits per heavy atom. The first kappa shape index (κ1) is 23.1. The zero-order chi connectivity index (χ0) is 16.8. The molecular formula is C14H28F3IN4S. The Labute approximate surface area is 158 Å². The van der Waals surface area contributed by atoms with Crippen LogP contribution in [0.5, 0.6) is 0 Å². The van der Waals surface area contributed by atoms with E-state index >= 15 is 0 Å². The molecule has 0 bridgehead atoms. The number of nitrogens with one attached hydrogen (secondary N) is 2. The number of hydrogen-bond acceptors (Lipinski definition) is 3. The molecule has 23 heavy (non-hydrogen) atoms. The molecule has 0 aliphatic carbocycles. The lowest BCUT2D eigenvalue weighted by Crippen LogP contribution is -2.45. The quantitative estimate of drug-likeness (QED) is 0.358. The van der Waals surface area contributed by atoms with Gasteiger partial charge in [-0.3, -0.25) is 9.89 Å². The van der Waals surface area contributed by atoms with Crippen LogP contribution in [0.3, 0.4) is 0 Å². The Kier molecular flexibility index (Phi) is 10.2. The highest BCUT2D eigenvalue weighted by atomic mass is 127. The molecule has 1 fully saturated rings. The molecule has 0 spiro atoms. The van der Waals surface area contributed by atoms with Crippen molar-refractivity contribution in [2.45, 2.75) is 44.2 Å². The summed E-state index contributed by atoms with van der Waals surface area (Å²) in [6.45, 7) is 7.62.